The maximum Gasteiger partial charge on any atom is 0.232 e. The maximum atomic E-state index is 5.94. The third-order valence-electron chi connectivity index (χ3n) is 2.63. The third-order valence-corrected chi connectivity index (χ3v) is 2.92. The molecule has 0 fully saturated rings. The van der Waals surface area contributed by atoms with E-state index in [1.54, 1.807) is 18.3 Å². The molecule has 4 heteroatoms. The van der Waals surface area contributed by atoms with Crippen LogP contribution in [-0.2, 0) is 6.54 Å². The van der Waals surface area contributed by atoms with Crippen LogP contribution in [0.3, 0.4) is 0 Å². The Labute approximate surface area is 118 Å². The van der Waals surface area contributed by atoms with E-state index in [2.05, 4.69) is 22.4 Å². The molecule has 2 rings (SSSR count). The fourth-order valence-corrected chi connectivity index (χ4v) is 1.85. The number of nitrogens with one attached hydrogen (secondary N) is 1. The van der Waals surface area contributed by atoms with Gasteiger partial charge in [-0.15, -0.1) is 0 Å². The van der Waals surface area contributed by atoms with Gasteiger partial charge in [0.15, 0.2) is 0 Å². The van der Waals surface area contributed by atoms with Gasteiger partial charge in [-0.3, -0.25) is 0 Å². The Bertz CT molecular complexity index is 491. The van der Waals surface area contributed by atoms with Gasteiger partial charge in [-0.05, 0) is 30.7 Å². The van der Waals surface area contributed by atoms with E-state index in [0.29, 0.717) is 17.5 Å². The predicted molar refractivity (Wildman–Crippen MR) is 77.5 cm³/mol. The molecule has 2 aromatic rings. The van der Waals surface area contributed by atoms with Gasteiger partial charge in [0.2, 0.25) is 5.88 Å². The Hall–Kier alpha value is -1.58. The van der Waals surface area contributed by atoms with Crippen molar-refractivity contribution in [2.24, 2.45) is 0 Å². The van der Waals surface area contributed by atoms with Gasteiger partial charge in [-0.2, -0.15) is 0 Å². The number of hydrogen-bond donors (Lipinski definition) is 1. The second kappa shape index (κ2) is 7.77. The van der Waals surface area contributed by atoms with Crippen LogP contribution in [0.25, 0.3) is 0 Å². The first-order chi connectivity index (χ1) is 9.36. The monoisotopic (exact) mass is 276 g/mol. The maximum absolute atomic E-state index is 5.94. The number of rotatable bonds is 7. The second-order valence-electron chi connectivity index (χ2n) is 4.15. The van der Waals surface area contributed by atoms with Crippen molar-refractivity contribution in [3.05, 3.63) is 59.2 Å². The van der Waals surface area contributed by atoms with Crippen LogP contribution in [-0.4, -0.2) is 18.1 Å². The van der Waals surface area contributed by atoms with E-state index in [1.165, 1.54) is 5.56 Å². The largest absolute Gasteiger partial charge is 0.477 e. The molecule has 0 aliphatic heterocycles. The summed E-state index contributed by atoms with van der Waals surface area (Å²) in [4.78, 5) is 4.07. The molecule has 0 spiro atoms. The van der Waals surface area contributed by atoms with Gasteiger partial charge in [0, 0.05) is 12.7 Å². The van der Waals surface area contributed by atoms with Gasteiger partial charge in [0.05, 0.1) is 6.61 Å². The van der Waals surface area contributed by atoms with Crippen LogP contribution in [0.1, 0.15) is 12.0 Å². The van der Waals surface area contributed by atoms with Crippen LogP contribution in [0, 0.1) is 0 Å². The predicted octanol–water partition coefficient (Wildman–Crippen LogP) is 3.29. The molecule has 1 aromatic carbocycles. The highest BCUT2D eigenvalue weighted by Gasteiger charge is 2.00. The van der Waals surface area contributed by atoms with Crippen LogP contribution >= 0.6 is 11.6 Å². The van der Waals surface area contributed by atoms with Crippen LogP contribution < -0.4 is 10.1 Å². The molecule has 0 aliphatic carbocycles. The molecule has 19 heavy (non-hydrogen) atoms. The number of benzene rings is 1. The zero-order valence-corrected chi connectivity index (χ0v) is 11.4. The quantitative estimate of drug-likeness (QED) is 0.788. The third kappa shape index (κ3) is 4.89. The Morgan fingerprint density at radius 3 is 2.74 bits per heavy atom. The molecule has 1 heterocycles. The molecule has 0 amide bonds. The van der Waals surface area contributed by atoms with Crippen LogP contribution in [0.15, 0.2) is 48.7 Å². The van der Waals surface area contributed by atoms with Gasteiger partial charge >= 0.3 is 0 Å². The Morgan fingerprint density at radius 2 is 1.95 bits per heavy atom. The minimum absolute atomic E-state index is 0.507. The Kier molecular flexibility index (Phi) is 5.66. The first-order valence-electron chi connectivity index (χ1n) is 6.34. The van der Waals surface area contributed by atoms with Crippen molar-refractivity contribution in [2.75, 3.05) is 13.2 Å². The number of nitrogens with zero attached hydrogens (tertiary/aromatic N) is 1. The molecule has 0 aliphatic rings. The normalized spacial score (nSPS) is 10.4. The highest BCUT2D eigenvalue weighted by molar-refractivity contribution is 6.31. The van der Waals surface area contributed by atoms with Crippen LogP contribution in [0.2, 0.25) is 5.02 Å². The van der Waals surface area contributed by atoms with Gasteiger partial charge in [-0.25, -0.2) is 4.98 Å². The van der Waals surface area contributed by atoms with E-state index in [9.17, 15) is 0 Å². The zero-order valence-electron chi connectivity index (χ0n) is 10.7. The van der Waals surface area contributed by atoms with E-state index >= 15 is 0 Å². The van der Waals surface area contributed by atoms with Crippen molar-refractivity contribution in [3.63, 3.8) is 0 Å². The van der Waals surface area contributed by atoms with Crippen molar-refractivity contribution < 1.29 is 4.74 Å². The zero-order chi connectivity index (χ0) is 13.3. The number of hydrogen-bond acceptors (Lipinski definition) is 3. The summed E-state index contributed by atoms with van der Waals surface area (Å²) in [7, 11) is 0. The molecule has 1 aromatic heterocycles. The summed E-state index contributed by atoms with van der Waals surface area (Å²) in [5.74, 6) is 0.507. The summed E-state index contributed by atoms with van der Waals surface area (Å²) in [6.45, 7) is 2.39. The summed E-state index contributed by atoms with van der Waals surface area (Å²) < 4.78 is 5.51. The molecule has 1 N–H and O–H groups in total. The highest BCUT2D eigenvalue weighted by Crippen LogP contribution is 2.19. The van der Waals surface area contributed by atoms with Crippen molar-refractivity contribution in [2.45, 2.75) is 13.0 Å². The molecule has 100 valence electrons. The molecule has 0 saturated carbocycles. The lowest BCUT2D eigenvalue weighted by Crippen LogP contribution is -2.17. The van der Waals surface area contributed by atoms with Crippen molar-refractivity contribution >= 4 is 11.6 Å². The smallest absolute Gasteiger partial charge is 0.232 e. The highest BCUT2D eigenvalue weighted by atomic mass is 35.5. The molecule has 0 unspecified atom stereocenters. The van der Waals surface area contributed by atoms with Crippen LogP contribution in [0.4, 0.5) is 0 Å². The fourth-order valence-electron chi connectivity index (χ4n) is 1.67. The molecule has 3 nitrogen and oxygen atoms in total. The molecular weight excluding hydrogens is 260 g/mol. The summed E-state index contributed by atoms with van der Waals surface area (Å²) in [5.41, 5.74) is 1.29. The molecular formula is C15H17ClN2O. The Morgan fingerprint density at radius 1 is 1.11 bits per heavy atom. The number of pyridine rings is 1. The number of halogens is 1. The minimum Gasteiger partial charge on any atom is -0.477 e. The Balaban J connectivity index is 1.59. The van der Waals surface area contributed by atoms with E-state index in [0.717, 1.165) is 19.5 Å². The number of ether oxygens (including phenoxy) is 1. The lowest BCUT2D eigenvalue weighted by molar-refractivity contribution is 0.297. The lowest BCUT2D eigenvalue weighted by Gasteiger charge is -2.07. The molecule has 0 bridgehead atoms. The van der Waals surface area contributed by atoms with Gasteiger partial charge in [-0.1, -0.05) is 41.9 Å². The van der Waals surface area contributed by atoms with Gasteiger partial charge in [0.25, 0.3) is 0 Å². The van der Waals surface area contributed by atoms with Crippen molar-refractivity contribution in [1.29, 1.82) is 0 Å². The lowest BCUT2D eigenvalue weighted by atomic mass is 10.2. The van der Waals surface area contributed by atoms with Crippen molar-refractivity contribution in [1.82, 2.24) is 10.3 Å². The molecule has 0 radical (unpaired) electrons. The number of aromatic nitrogens is 1. The average molecular weight is 277 g/mol. The van der Waals surface area contributed by atoms with Gasteiger partial charge < -0.3 is 10.1 Å². The van der Waals surface area contributed by atoms with E-state index in [1.807, 2.05) is 18.2 Å². The summed E-state index contributed by atoms with van der Waals surface area (Å²) in [6.07, 6.45) is 2.59. The van der Waals surface area contributed by atoms with E-state index in [4.69, 9.17) is 16.3 Å². The summed E-state index contributed by atoms with van der Waals surface area (Å²) >= 11 is 5.94. The summed E-state index contributed by atoms with van der Waals surface area (Å²) in [6, 6.07) is 13.9. The second-order valence-corrected chi connectivity index (χ2v) is 4.56. The molecule has 0 saturated heterocycles. The first kappa shape index (κ1) is 13.8. The van der Waals surface area contributed by atoms with Crippen LogP contribution in [0.5, 0.6) is 5.88 Å². The average Bonchev–Trinajstić information content (AvgIpc) is 2.45. The van der Waals surface area contributed by atoms with Gasteiger partial charge in [0.1, 0.15) is 5.02 Å². The van der Waals surface area contributed by atoms with E-state index < -0.39 is 0 Å². The van der Waals surface area contributed by atoms with Crippen molar-refractivity contribution in [3.8, 4) is 5.88 Å². The first-order valence-corrected chi connectivity index (χ1v) is 6.72. The SMILES string of the molecule is Clc1cccnc1OCCCNCc1ccccc1. The standard InChI is InChI=1S/C15H17ClN2O/c16-14-8-4-10-18-15(14)19-11-5-9-17-12-13-6-2-1-3-7-13/h1-4,6-8,10,17H,5,9,11-12H2. The summed E-state index contributed by atoms with van der Waals surface area (Å²) in [5, 5.41) is 3.92. The van der Waals surface area contributed by atoms with E-state index in [-0.39, 0.29) is 0 Å². The topological polar surface area (TPSA) is 34.1 Å². The fraction of sp³-hybridized carbons (Fsp3) is 0.267. The molecule has 0 atom stereocenters. The minimum atomic E-state index is 0.507.